The van der Waals surface area contributed by atoms with Crippen LogP contribution in [-0.2, 0) is 11.3 Å². The SMILES string of the molecule is O=C(OCc1csc(Br)c1)c1ccc(N2CCNC2=O)cc1. The number of halogens is 1. The highest BCUT2D eigenvalue weighted by molar-refractivity contribution is 9.11. The van der Waals surface area contributed by atoms with Crippen LogP contribution < -0.4 is 10.2 Å². The van der Waals surface area contributed by atoms with Crippen molar-refractivity contribution in [2.75, 3.05) is 18.0 Å². The Balaban J connectivity index is 1.62. The van der Waals surface area contributed by atoms with Crippen LogP contribution in [0.3, 0.4) is 0 Å². The molecule has 3 rings (SSSR count). The molecule has 1 aromatic heterocycles. The summed E-state index contributed by atoms with van der Waals surface area (Å²) in [5.41, 5.74) is 2.20. The number of nitrogens with one attached hydrogen (secondary N) is 1. The molecule has 114 valence electrons. The number of ether oxygens (including phenoxy) is 1. The Bertz CT molecular complexity index is 699. The summed E-state index contributed by atoms with van der Waals surface area (Å²) in [6, 6.07) is 8.66. The molecule has 2 amide bonds. The Morgan fingerprint density at radius 2 is 2.14 bits per heavy atom. The summed E-state index contributed by atoms with van der Waals surface area (Å²) in [5, 5.41) is 4.68. The third kappa shape index (κ3) is 3.31. The van der Waals surface area contributed by atoms with Crippen LogP contribution in [0.2, 0.25) is 0 Å². The van der Waals surface area contributed by atoms with Crippen molar-refractivity contribution < 1.29 is 14.3 Å². The number of amides is 2. The molecule has 0 unspecified atom stereocenters. The molecule has 22 heavy (non-hydrogen) atoms. The van der Waals surface area contributed by atoms with E-state index in [1.807, 2.05) is 11.4 Å². The Kier molecular flexibility index (Phi) is 4.44. The van der Waals surface area contributed by atoms with Crippen molar-refractivity contribution in [1.29, 1.82) is 0 Å². The molecule has 0 saturated carbocycles. The molecule has 1 saturated heterocycles. The van der Waals surface area contributed by atoms with Gasteiger partial charge in [0.2, 0.25) is 0 Å². The van der Waals surface area contributed by atoms with Gasteiger partial charge in [0.25, 0.3) is 0 Å². The molecule has 0 radical (unpaired) electrons. The summed E-state index contributed by atoms with van der Waals surface area (Å²) in [4.78, 5) is 25.2. The number of thiophene rings is 1. The summed E-state index contributed by atoms with van der Waals surface area (Å²) in [6.45, 7) is 1.52. The molecule has 5 nitrogen and oxygen atoms in total. The van der Waals surface area contributed by atoms with Gasteiger partial charge in [0.1, 0.15) is 6.61 Å². The summed E-state index contributed by atoms with van der Waals surface area (Å²) in [7, 11) is 0. The van der Waals surface area contributed by atoms with Crippen molar-refractivity contribution in [3.63, 3.8) is 0 Å². The van der Waals surface area contributed by atoms with Crippen molar-refractivity contribution in [3.05, 3.63) is 50.6 Å². The number of rotatable bonds is 4. The third-order valence-corrected chi connectivity index (χ3v) is 4.82. The maximum Gasteiger partial charge on any atom is 0.338 e. The summed E-state index contributed by atoms with van der Waals surface area (Å²) in [5.74, 6) is -0.375. The molecule has 2 heterocycles. The Morgan fingerprint density at radius 1 is 1.36 bits per heavy atom. The highest BCUT2D eigenvalue weighted by atomic mass is 79.9. The van der Waals surface area contributed by atoms with Crippen LogP contribution >= 0.6 is 27.3 Å². The van der Waals surface area contributed by atoms with E-state index >= 15 is 0 Å². The van der Waals surface area contributed by atoms with Gasteiger partial charge in [-0.1, -0.05) is 0 Å². The quantitative estimate of drug-likeness (QED) is 0.826. The largest absolute Gasteiger partial charge is 0.457 e. The van der Waals surface area contributed by atoms with Crippen LogP contribution in [0.1, 0.15) is 15.9 Å². The van der Waals surface area contributed by atoms with E-state index in [0.717, 1.165) is 15.0 Å². The molecule has 0 bridgehead atoms. The van der Waals surface area contributed by atoms with Crippen molar-refractivity contribution in [2.45, 2.75) is 6.61 Å². The second kappa shape index (κ2) is 6.50. The van der Waals surface area contributed by atoms with E-state index in [4.69, 9.17) is 4.74 Å². The van der Waals surface area contributed by atoms with E-state index in [0.29, 0.717) is 18.7 Å². The highest BCUT2D eigenvalue weighted by Gasteiger charge is 2.21. The fourth-order valence-electron chi connectivity index (χ4n) is 2.15. The summed E-state index contributed by atoms with van der Waals surface area (Å²) >= 11 is 4.92. The number of nitrogens with zero attached hydrogens (tertiary/aromatic N) is 1. The lowest BCUT2D eigenvalue weighted by Crippen LogP contribution is -2.27. The zero-order chi connectivity index (χ0) is 15.5. The fraction of sp³-hybridized carbons (Fsp3) is 0.200. The van der Waals surface area contributed by atoms with E-state index in [1.54, 1.807) is 40.5 Å². The molecule has 0 spiro atoms. The van der Waals surface area contributed by atoms with Gasteiger partial charge in [-0.3, -0.25) is 4.90 Å². The van der Waals surface area contributed by atoms with Gasteiger partial charge in [0.05, 0.1) is 9.35 Å². The number of esters is 1. The first-order valence-corrected chi connectivity index (χ1v) is 8.36. The van der Waals surface area contributed by atoms with Crippen LogP contribution in [0.4, 0.5) is 10.5 Å². The van der Waals surface area contributed by atoms with Crippen LogP contribution in [0, 0.1) is 0 Å². The van der Waals surface area contributed by atoms with Crippen LogP contribution in [0.15, 0.2) is 39.5 Å². The molecule has 1 fully saturated rings. The van der Waals surface area contributed by atoms with Gasteiger partial charge < -0.3 is 10.1 Å². The standard InChI is InChI=1S/C15H13BrN2O3S/c16-13-7-10(9-22-13)8-21-14(19)11-1-3-12(4-2-11)18-6-5-17-15(18)20/h1-4,7,9H,5-6,8H2,(H,17,20). The predicted octanol–water partition coefficient (Wildman–Crippen LogP) is 3.40. The Labute approximate surface area is 140 Å². The molecule has 7 heteroatoms. The predicted molar refractivity (Wildman–Crippen MR) is 88.3 cm³/mol. The number of anilines is 1. The number of hydrogen-bond donors (Lipinski definition) is 1. The number of carbonyl (C=O) groups excluding carboxylic acids is 2. The Hall–Kier alpha value is -1.86. The first-order valence-electron chi connectivity index (χ1n) is 6.69. The van der Waals surface area contributed by atoms with Gasteiger partial charge in [-0.25, -0.2) is 9.59 Å². The zero-order valence-corrected chi connectivity index (χ0v) is 13.9. The average molecular weight is 381 g/mol. The highest BCUT2D eigenvalue weighted by Crippen LogP contribution is 2.22. The van der Waals surface area contributed by atoms with Gasteiger partial charge in [-0.2, -0.15) is 0 Å². The van der Waals surface area contributed by atoms with Crippen molar-refractivity contribution in [1.82, 2.24) is 5.32 Å². The second-order valence-corrected chi connectivity index (χ2v) is 7.06. The average Bonchev–Trinajstić information content (AvgIpc) is 3.13. The molecular formula is C15H13BrN2O3S. The minimum absolute atomic E-state index is 0.113. The van der Waals surface area contributed by atoms with Gasteiger partial charge in [-0.15, -0.1) is 11.3 Å². The maximum atomic E-state index is 12.0. The molecule has 0 aliphatic carbocycles. The minimum atomic E-state index is -0.375. The molecular weight excluding hydrogens is 368 g/mol. The molecule has 1 N–H and O–H groups in total. The van der Waals surface area contributed by atoms with Gasteiger partial charge in [0, 0.05) is 24.3 Å². The number of benzene rings is 1. The lowest BCUT2D eigenvalue weighted by molar-refractivity contribution is 0.0473. The monoisotopic (exact) mass is 380 g/mol. The van der Waals surface area contributed by atoms with Crippen molar-refractivity contribution >= 4 is 45.0 Å². The van der Waals surface area contributed by atoms with E-state index in [-0.39, 0.29) is 18.6 Å². The van der Waals surface area contributed by atoms with E-state index < -0.39 is 0 Å². The molecule has 1 aromatic carbocycles. The van der Waals surface area contributed by atoms with Crippen LogP contribution in [-0.4, -0.2) is 25.1 Å². The molecule has 1 aliphatic heterocycles. The van der Waals surface area contributed by atoms with Crippen molar-refractivity contribution in [2.24, 2.45) is 0 Å². The van der Waals surface area contributed by atoms with Crippen molar-refractivity contribution in [3.8, 4) is 0 Å². The Morgan fingerprint density at radius 3 is 2.73 bits per heavy atom. The van der Waals surface area contributed by atoms with E-state index in [9.17, 15) is 9.59 Å². The molecule has 0 atom stereocenters. The summed E-state index contributed by atoms with van der Waals surface area (Å²) in [6.07, 6.45) is 0. The smallest absolute Gasteiger partial charge is 0.338 e. The fourth-order valence-corrected chi connectivity index (χ4v) is 3.34. The molecule has 2 aromatic rings. The first kappa shape index (κ1) is 15.1. The second-order valence-electron chi connectivity index (χ2n) is 4.77. The lowest BCUT2D eigenvalue weighted by atomic mass is 10.2. The van der Waals surface area contributed by atoms with Gasteiger partial charge in [-0.05, 0) is 51.6 Å². The number of urea groups is 1. The lowest BCUT2D eigenvalue weighted by Gasteiger charge is -2.14. The van der Waals surface area contributed by atoms with Crippen LogP contribution in [0.25, 0.3) is 0 Å². The van der Waals surface area contributed by atoms with E-state index in [1.165, 1.54) is 0 Å². The number of carbonyl (C=O) groups is 2. The summed E-state index contributed by atoms with van der Waals surface area (Å²) < 4.78 is 6.27. The topological polar surface area (TPSA) is 58.6 Å². The zero-order valence-electron chi connectivity index (χ0n) is 11.5. The maximum absolute atomic E-state index is 12.0. The third-order valence-electron chi connectivity index (χ3n) is 3.26. The molecule has 1 aliphatic rings. The van der Waals surface area contributed by atoms with Gasteiger partial charge in [0.15, 0.2) is 0 Å². The van der Waals surface area contributed by atoms with Gasteiger partial charge >= 0.3 is 12.0 Å². The minimum Gasteiger partial charge on any atom is -0.457 e. The normalized spacial score (nSPS) is 14.0. The first-order chi connectivity index (χ1) is 10.6. The van der Waals surface area contributed by atoms with E-state index in [2.05, 4.69) is 21.2 Å². The van der Waals surface area contributed by atoms with Crippen LogP contribution in [0.5, 0.6) is 0 Å². The number of hydrogen-bond acceptors (Lipinski definition) is 4.